The van der Waals surface area contributed by atoms with Crippen LogP contribution in [0.25, 0.3) is 0 Å². The lowest BCUT2D eigenvalue weighted by Crippen LogP contribution is -2.30. The monoisotopic (exact) mass is 261 g/mol. The van der Waals surface area contributed by atoms with Crippen molar-refractivity contribution in [2.45, 2.75) is 39.0 Å². The Morgan fingerprint density at radius 2 is 1.95 bits per heavy atom. The molecule has 1 aromatic carbocycles. The summed E-state index contributed by atoms with van der Waals surface area (Å²) in [4.78, 5) is 12.1. The molecule has 1 atom stereocenters. The van der Waals surface area contributed by atoms with Crippen LogP contribution in [0.3, 0.4) is 0 Å². The van der Waals surface area contributed by atoms with E-state index in [1.807, 2.05) is 12.1 Å². The minimum atomic E-state index is -0.00366. The van der Waals surface area contributed by atoms with Crippen molar-refractivity contribution in [2.24, 2.45) is 5.92 Å². The summed E-state index contributed by atoms with van der Waals surface area (Å²) >= 11 is 0. The van der Waals surface area contributed by atoms with Gasteiger partial charge >= 0.3 is 0 Å². The van der Waals surface area contributed by atoms with Gasteiger partial charge in [-0.25, -0.2) is 0 Å². The van der Waals surface area contributed by atoms with Crippen LogP contribution in [-0.2, 0) is 14.9 Å². The molecule has 104 valence electrons. The number of carbonyl (C=O) groups excluding carboxylic acids is 1. The Labute approximate surface area is 115 Å². The first kappa shape index (κ1) is 14.1. The Morgan fingerprint density at radius 1 is 1.26 bits per heavy atom. The minimum Gasteiger partial charge on any atom is -0.381 e. The number of amides is 1. The van der Waals surface area contributed by atoms with Crippen molar-refractivity contribution in [1.82, 2.24) is 0 Å². The predicted molar refractivity (Wildman–Crippen MR) is 77.3 cm³/mol. The molecule has 1 unspecified atom stereocenters. The summed E-state index contributed by atoms with van der Waals surface area (Å²) in [6, 6.07) is 8.10. The molecule has 19 heavy (non-hydrogen) atoms. The first-order valence-electron chi connectivity index (χ1n) is 6.96. The van der Waals surface area contributed by atoms with Gasteiger partial charge in [-0.2, -0.15) is 0 Å². The van der Waals surface area contributed by atoms with Crippen molar-refractivity contribution in [3.63, 3.8) is 0 Å². The number of benzene rings is 1. The van der Waals surface area contributed by atoms with Gasteiger partial charge in [-0.3, -0.25) is 4.79 Å². The van der Waals surface area contributed by atoms with Gasteiger partial charge in [0.1, 0.15) is 0 Å². The van der Waals surface area contributed by atoms with E-state index < -0.39 is 0 Å². The summed E-state index contributed by atoms with van der Waals surface area (Å²) in [5.74, 6) is 0.0688. The summed E-state index contributed by atoms with van der Waals surface area (Å²) in [5.41, 5.74) is 2.27. The molecule has 2 rings (SSSR count). The molecule has 1 saturated heterocycles. The average Bonchev–Trinajstić information content (AvgIpc) is 2.39. The van der Waals surface area contributed by atoms with Crippen LogP contribution >= 0.6 is 0 Å². The van der Waals surface area contributed by atoms with Crippen LogP contribution in [-0.4, -0.2) is 19.1 Å². The third-order valence-corrected chi connectivity index (χ3v) is 3.55. The van der Waals surface area contributed by atoms with E-state index in [1.165, 1.54) is 5.56 Å². The van der Waals surface area contributed by atoms with Crippen LogP contribution < -0.4 is 5.32 Å². The number of ether oxygens (including phenoxy) is 1. The van der Waals surface area contributed by atoms with E-state index in [9.17, 15) is 4.79 Å². The average molecular weight is 261 g/mol. The van der Waals surface area contributed by atoms with Crippen molar-refractivity contribution >= 4 is 11.6 Å². The molecule has 0 aromatic heterocycles. The van der Waals surface area contributed by atoms with Gasteiger partial charge < -0.3 is 10.1 Å². The highest BCUT2D eigenvalue weighted by atomic mass is 16.5. The van der Waals surface area contributed by atoms with Crippen molar-refractivity contribution in [2.75, 3.05) is 18.5 Å². The highest BCUT2D eigenvalue weighted by molar-refractivity contribution is 5.92. The molecule has 1 fully saturated rings. The van der Waals surface area contributed by atoms with Crippen LogP contribution in [0.1, 0.15) is 39.2 Å². The predicted octanol–water partition coefficient (Wildman–Crippen LogP) is 3.35. The Morgan fingerprint density at radius 3 is 2.47 bits per heavy atom. The summed E-state index contributed by atoms with van der Waals surface area (Å²) < 4.78 is 5.34. The Bertz CT molecular complexity index is 425. The maximum absolute atomic E-state index is 12.1. The van der Waals surface area contributed by atoms with Crippen LogP contribution in [0, 0.1) is 5.92 Å². The molecule has 1 amide bonds. The standard InChI is InChI=1S/C16H23NO2/c1-16(2,3)13-6-8-14(9-7-13)17-15(18)12-5-4-10-19-11-12/h6-9,12H,4-5,10-11H2,1-3H3,(H,17,18). The highest BCUT2D eigenvalue weighted by Gasteiger charge is 2.21. The fraction of sp³-hybridized carbons (Fsp3) is 0.562. The SMILES string of the molecule is CC(C)(C)c1ccc(NC(=O)C2CCCOC2)cc1. The van der Waals surface area contributed by atoms with Gasteiger partial charge in [-0.05, 0) is 36.0 Å². The van der Waals surface area contributed by atoms with E-state index >= 15 is 0 Å². The molecule has 0 bridgehead atoms. The van der Waals surface area contributed by atoms with Gasteiger partial charge in [0.05, 0.1) is 12.5 Å². The Hall–Kier alpha value is -1.35. The van der Waals surface area contributed by atoms with Gasteiger partial charge in [-0.15, -0.1) is 0 Å². The second-order valence-electron chi connectivity index (χ2n) is 6.23. The Balaban J connectivity index is 1.97. The minimum absolute atomic E-state index is 0.00366. The molecule has 0 aliphatic carbocycles. The van der Waals surface area contributed by atoms with E-state index in [1.54, 1.807) is 0 Å². The molecule has 3 nitrogen and oxygen atoms in total. The third kappa shape index (κ3) is 3.80. The zero-order valence-corrected chi connectivity index (χ0v) is 12.0. The molecule has 3 heteroatoms. The van der Waals surface area contributed by atoms with Gasteiger partial charge in [0, 0.05) is 12.3 Å². The Kier molecular flexibility index (Phi) is 4.25. The lowest BCUT2D eigenvalue weighted by Gasteiger charge is -2.22. The van der Waals surface area contributed by atoms with Crippen LogP contribution in [0.15, 0.2) is 24.3 Å². The quantitative estimate of drug-likeness (QED) is 0.886. The number of carbonyl (C=O) groups is 1. The molecule has 1 heterocycles. The van der Waals surface area contributed by atoms with E-state index in [-0.39, 0.29) is 17.2 Å². The lowest BCUT2D eigenvalue weighted by atomic mass is 9.87. The number of rotatable bonds is 2. The highest BCUT2D eigenvalue weighted by Crippen LogP contribution is 2.24. The smallest absolute Gasteiger partial charge is 0.229 e. The van der Waals surface area contributed by atoms with Gasteiger partial charge in [0.15, 0.2) is 0 Å². The zero-order valence-electron chi connectivity index (χ0n) is 12.0. The molecule has 1 aliphatic rings. The van der Waals surface area contributed by atoms with Gasteiger partial charge in [-0.1, -0.05) is 32.9 Å². The molecular formula is C16H23NO2. The van der Waals surface area contributed by atoms with Crippen molar-refractivity contribution in [3.8, 4) is 0 Å². The lowest BCUT2D eigenvalue weighted by molar-refractivity contribution is -0.123. The first-order valence-corrected chi connectivity index (χ1v) is 6.96. The molecule has 0 saturated carbocycles. The normalized spacial score (nSPS) is 20.1. The van der Waals surface area contributed by atoms with Gasteiger partial charge in [0.2, 0.25) is 5.91 Å². The fourth-order valence-corrected chi connectivity index (χ4v) is 2.25. The largest absolute Gasteiger partial charge is 0.381 e. The maximum Gasteiger partial charge on any atom is 0.229 e. The van der Waals surface area contributed by atoms with Crippen molar-refractivity contribution < 1.29 is 9.53 Å². The number of hydrogen-bond donors (Lipinski definition) is 1. The van der Waals surface area contributed by atoms with Crippen molar-refractivity contribution in [1.29, 1.82) is 0 Å². The van der Waals surface area contributed by atoms with Crippen LogP contribution in [0.5, 0.6) is 0 Å². The summed E-state index contributed by atoms with van der Waals surface area (Å²) in [7, 11) is 0. The molecule has 1 aromatic rings. The van der Waals surface area contributed by atoms with E-state index in [0.29, 0.717) is 6.61 Å². The molecule has 1 aliphatic heterocycles. The molecule has 1 N–H and O–H groups in total. The van der Waals surface area contributed by atoms with E-state index in [4.69, 9.17) is 4.74 Å². The number of anilines is 1. The van der Waals surface area contributed by atoms with Gasteiger partial charge in [0.25, 0.3) is 0 Å². The van der Waals surface area contributed by atoms with Crippen LogP contribution in [0.4, 0.5) is 5.69 Å². The molecule has 0 spiro atoms. The molecule has 0 radical (unpaired) electrons. The topological polar surface area (TPSA) is 38.3 Å². The molecular weight excluding hydrogens is 238 g/mol. The zero-order chi connectivity index (χ0) is 13.9. The van der Waals surface area contributed by atoms with Crippen LogP contribution in [0.2, 0.25) is 0 Å². The second-order valence-corrected chi connectivity index (χ2v) is 6.23. The second kappa shape index (κ2) is 5.74. The summed E-state index contributed by atoms with van der Waals surface area (Å²) in [5, 5.41) is 2.97. The first-order chi connectivity index (χ1) is 8.97. The van der Waals surface area contributed by atoms with E-state index in [2.05, 4.69) is 38.2 Å². The maximum atomic E-state index is 12.1. The van der Waals surface area contributed by atoms with Crippen molar-refractivity contribution in [3.05, 3.63) is 29.8 Å². The third-order valence-electron chi connectivity index (χ3n) is 3.55. The van der Waals surface area contributed by atoms with E-state index in [0.717, 1.165) is 25.1 Å². The number of nitrogens with one attached hydrogen (secondary N) is 1. The summed E-state index contributed by atoms with van der Waals surface area (Å²) in [6.45, 7) is 7.87. The fourth-order valence-electron chi connectivity index (χ4n) is 2.25. The summed E-state index contributed by atoms with van der Waals surface area (Å²) in [6.07, 6.45) is 1.90. The number of hydrogen-bond acceptors (Lipinski definition) is 2.